The molecule has 1 aromatic carbocycles. The van der Waals surface area contributed by atoms with Crippen molar-refractivity contribution in [2.24, 2.45) is 5.92 Å². The monoisotopic (exact) mass is 216 g/mol. The predicted molar refractivity (Wildman–Crippen MR) is 62.2 cm³/mol. The Balaban J connectivity index is 1.94. The number of aliphatic hydroxyl groups is 1. The number of hydrogen-bond donors (Lipinski definition) is 1. The molecule has 1 N–H and O–H groups in total. The van der Waals surface area contributed by atoms with Crippen LogP contribution in [0.3, 0.4) is 0 Å². The average molecular weight is 216 g/mol. The van der Waals surface area contributed by atoms with Crippen molar-refractivity contribution in [2.45, 2.75) is 18.4 Å². The van der Waals surface area contributed by atoms with Gasteiger partial charge in [0.1, 0.15) is 0 Å². The summed E-state index contributed by atoms with van der Waals surface area (Å²) in [5, 5.41) is 9.35. The lowest BCUT2D eigenvalue weighted by Crippen LogP contribution is -2.19. The number of aliphatic hydroxyl groups excluding tert-OH is 1. The largest absolute Gasteiger partial charge is 0.392 e. The van der Waals surface area contributed by atoms with E-state index in [2.05, 4.69) is 30.3 Å². The average Bonchev–Trinajstić information content (AvgIpc) is 2.91. The first-order chi connectivity index (χ1) is 7.90. The van der Waals surface area contributed by atoms with E-state index in [1.807, 2.05) is 6.07 Å². The summed E-state index contributed by atoms with van der Waals surface area (Å²) in [5.41, 5.74) is 2.46. The molecule has 1 saturated heterocycles. The summed E-state index contributed by atoms with van der Waals surface area (Å²) in [6, 6.07) is 10.4. The van der Waals surface area contributed by atoms with Crippen molar-refractivity contribution in [1.29, 1.82) is 0 Å². The van der Waals surface area contributed by atoms with Gasteiger partial charge < -0.3 is 9.84 Å². The summed E-state index contributed by atoms with van der Waals surface area (Å²) in [6.07, 6.45) is 3.51. The topological polar surface area (TPSA) is 29.5 Å². The van der Waals surface area contributed by atoms with Crippen molar-refractivity contribution in [1.82, 2.24) is 0 Å². The quantitative estimate of drug-likeness (QED) is 0.767. The molecule has 0 radical (unpaired) electrons. The van der Waals surface area contributed by atoms with Crippen molar-refractivity contribution in [3.8, 4) is 0 Å². The molecule has 16 heavy (non-hydrogen) atoms. The first-order valence-electron chi connectivity index (χ1n) is 5.88. The lowest BCUT2D eigenvalue weighted by Gasteiger charge is -2.18. The summed E-state index contributed by atoms with van der Waals surface area (Å²) in [7, 11) is 0. The number of fused-ring (bicyclic) bond motifs is 1. The molecule has 0 unspecified atom stereocenters. The smallest absolute Gasteiger partial charge is 0.0745 e. The van der Waals surface area contributed by atoms with Gasteiger partial charge in [0.25, 0.3) is 0 Å². The van der Waals surface area contributed by atoms with E-state index in [-0.39, 0.29) is 12.7 Å². The minimum atomic E-state index is 0.174. The van der Waals surface area contributed by atoms with Crippen LogP contribution in [0.5, 0.6) is 0 Å². The maximum absolute atomic E-state index is 9.35. The SMILES string of the molecule is OCC1=C[C@@H](c2ccccc2)[C@@H]2OCC[C@H]12. The van der Waals surface area contributed by atoms with Crippen LogP contribution in [0, 0.1) is 5.92 Å². The lowest BCUT2D eigenvalue weighted by atomic mass is 9.91. The van der Waals surface area contributed by atoms with E-state index in [1.165, 1.54) is 5.56 Å². The Morgan fingerprint density at radius 2 is 2.06 bits per heavy atom. The highest BCUT2D eigenvalue weighted by Gasteiger charge is 2.41. The Bertz CT molecular complexity index is 396. The Hall–Kier alpha value is -1.12. The second kappa shape index (κ2) is 4.04. The van der Waals surface area contributed by atoms with Gasteiger partial charge in [0.15, 0.2) is 0 Å². The minimum absolute atomic E-state index is 0.174. The molecular weight excluding hydrogens is 200 g/mol. The molecule has 3 atom stereocenters. The highest BCUT2D eigenvalue weighted by Crippen LogP contribution is 2.44. The van der Waals surface area contributed by atoms with Gasteiger partial charge in [0.2, 0.25) is 0 Å². The van der Waals surface area contributed by atoms with Crippen molar-refractivity contribution < 1.29 is 9.84 Å². The zero-order valence-electron chi connectivity index (χ0n) is 9.17. The van der Waals surface area contributed by atoms with Crippen molar-refractivity contribution >= 4 is 0 Å². The molecule has 2 aliphatic rings. The van der Waals surface area contributed by atoms with Crippen LogP contribution in [-0.2, 0) is 4.74 Å². The van der Waals surface area contributed by atoms with Crippen LogP contribution in [0.15, 0.2) is 42.0 Å². The second-order valence-electron chi connectivity index (χ2n) is 4.57. The highest BCUT2D eigenvalue weighted by atomic mass is 16.5. The summed E-state index contributed by atoms with van der Waals surface area (Å²) in [6.45, 7) is 1.00. The fraction of sp³-hybridized carbons (Fsp3) is 0.429. The molecule has 2 heteroatoms. The van der Waals surface area contributed by atoms with E-state index < -0.39 is 0 Å². The molecule has 0 amide bonds. The summed E-state index contributed by atoms with van der Waals surface area (Å²) >= 11 is 0. The van der Waals surface area contributed by atoms with Crippen LogP contribution in [0.1, 0.15) is 17.9 Å². The van der Waals surface area contributed by atoms with Crippen LogP contribution in [0.4, 0.5) is 0 Å². The second-order valence-corrected chi connectivity index (χ2v) is 4.57. The van der Waals surface area contributed by atoms with Gasteiger partial charge in [-0.15, -0.1) is 0 Å². The molecule has 0 bridgehead atoms. The van der Waals surface area contributed by atoms with Gasteiger partial charge in [-0.05, 0) is 17.6 Å². The molecule has 1 aromatic rings. The van der Waals surface area contributed by atoms with Crippen molar-refractivity contribution in [3.63, 3.8) is 0 Å². The lowest BCUT2D eigenvalue weighted by molar-refractivity contribution is 0.0918. The fourth-order valence-electron chi connectivity index (χ4n) is 2.94. The van der Waals surface area contributed by atoms with Gasteiger partial charge in [-0.3, -0.25) is 0 Å². The molecule has 0 saturated carbocycles. The molecule has 2 nitrogen and oxygen atoms in total. The van der Waals surface area contributed by atoms with Gasteiger partial charge >= 0.3 is 0 Å². The summed E-state index contributed by atoms with van der Waals surface area (Å²) in [4.78, 5) is 0. The first-order valence-corrected chi connectivity index (χ1v) is 5.88. The Morgan fingerprint density at radius 1 is 1.25 bits per heavy atom. The van der Waals surface area contributed by atoms with Gasteiger partial charge in [-0.2, -0.15) is 0 Å². The molecule has 84 valence electrons. The number of ether oxygens (including phenoxy) is 1. The van der Waals surface area contributed by atoms with E-state index in [0.717, 1.165) is 18.6 Å². The third kappa shape index (κ3) is 1.49. The van der Waals surface area contributed by atoms with Gasteiger partial charge in [0.05, 0.1) is 12.7 Å². The van der Waals surface area contributed by atoms with E-state index >= 15 is 0 Å². The molecule has 0 spiro atoms. The Morgan fingerprint density at radius 3 is 2.81 bits per heavy atom. The molecular formula is C14H16O2. The van der Waals surface area contributed by atoms with Crippen LogP contribution < -0.4 is 0 Å². The molecule has 0 aromatic heterocycles. The molecule has 3 rings (SSSR count). The van der Waals surface area contributed by atoms with Gasteiger partial charge in [-0.25, -0.2) is 0 Å². The minimum Gasteiger partial charge on any atom is -0.392 e. The molecule has 1 aliphatic heterocycles. The van der Waals surface area contributed by atoms with Crippen LogP contribution >= 0.6 is 0 Å². The van der Waals surface area contributed by atoms with Crippen molar-refractivity contribution in [2.75, 3.05) is 13.2 Å². The standard InChI is InChI=1S/C14H16O2/c15-9-11-8-13(10-4-2-1-3-5-10)14-12(11)6-7-16-14/h1-5,8,12-15H,6-7,9H2/t12-,13+,14-/m1/s1. The normalized spacial score (nSPS) is 32.6. The fourth-order valence-corrected chi connectivity index (χ4v) is 2.94. The predicted octanol–water partition coefficient (Wildman–Crippen LogP) is 2.11. The maximum Gasteiger partial charge on any atom is 0.0745 e. The van der Waals surface area contributed by atoms with Crippen molar-refractivity contribution in [3.05, 3.63) is 47.5 Å². The van der Waals surface area contributed by atoms with Crippen LogP contribution in [-0.4, -0.2) is 24.4 Å². The molecule has 1 aliphatic carbocycles. The number of rotatable bonds is 2. The summed E-state index contributed by atoms with van der Waals surface area (Å²) < 4.78 is 5.81. The first kappa shape index (κ1) is 10.1. The van der Waals surface area contributed by atoms with E-state index in [9.17, 15) is 5.11 Å². The molecule has 1 fully saturated rings. The number of benzene rings is 1. The number of hydrogen-bond acceptors (Lipinski definition) is 2. The maximum atomic E-state index is 9.35. The Kier molecular flexibility index (Phi) is 2.54. The van der Waals surface area contributed by atoms with E-state index in [4.69, 9.17) is 4.74 Å². The highest BCUT2D eigenvalue weighted by molar-refractivity contribution is 5.34. The van der Waals surface area contributed by atoms with Crippen LogP contribution in [0.2, 0.25) is 0 Å². The Labute approximate surface area is 95.6 Å². The van der Waals surface area contributed by atoms with Gasteiger partial charge in [-0.1, -0.05) is 36.4 Å². The van der Waals surface area contributed by atoms with E-state index in [0.29, 0.717) is 11.8 Å². The zero-order valence-corrected chi connectivity index (χ0v) is 9.17. The van der Waals surface area contributed by atoms with Gasteiger partial charge in [0, 0.05) is 18.4 Å². The van der Waals surface area contributed by atoms with E-state index in [1.54, 1.807) is 0 Å². The zero-order chi connectivity index (χ0) is 11.0. The van der Waals surface area contributed by atoms with Crippen LogP contribution in [0.25, 0.3) is 0 Å². The third-order valence-electron chi connectivity index (χ3n) is 3.73. The molecule has 1 heterocycles. The summed E-state index contributed by atoms with van der Waals surface area (Å²) in [5.74, 6) is 0.769. The third-order valence-corrected chi connectivity index (χ3v) is 3.73.